The summed E-state index contributed by atoms with van der Waals surface area (Å²) in [6, 6.07) is 16.8. The lowest BCUT2D eigenvalue weighted by atomic mass is 10.0. The zero-order valence-electron chi connectivity index (χ0n) is 16.6. The maximum Gasteiger partial charge on any atom is 0.416 e. The van der Waals surface area contributed by atoms with Crippen molar-refractivity contribution in [2.24, 2.45) is 0 Å². The molecule has 0 radical (unpaired) electrons. The maximum absolute atomic E-state index is 13.0. The van der Waals surface area contributed by atoms with E-state index in [1.54, 1.807) is 6.07 Å². The van der Waals surface area contributed by atoms with E-state index in [1.165, 1.54) is 30.5 Å². The minimum absolute atomic E-state index is 0.538. The number of benzene rings is 2. The summed E-state index contributed by atoms with van der Waals surface area (Å²) in [4.78, 5) is 7.14. The van der Waals surface area contributed by atoms with Crippen LogP contribution in [0.15, 0.2) is 54.6 Å². The minimum Gasteiger partial charge on any atom is -0.369 e. The molecule has 2 aliphatic heterocycles. The molecule has 0 spiro atoms. The Morgan fingerprint density at radius 2 is 1.62 bits per heavy atom. The first-order valence-corrected chi connectivity index (χ1v) is 10.4. The summed E-state index contributed by atoms with van der Waals surface area (Å²) in [5.41, 5.74) is 1.46. The van der Waals surface area contributed by atoms with Crippen molar-refractivity contribution in [3.63, 3.8) is 0 Å². The number of anilines is 1. The van der Waals surface area contributed by atoms with Crippen molar-refractivity contribution in [1.82, 2.24) is 9.80 Å². The fourth-order valence-corrected chi connectivity index (χ4v) is 4.54. The fourth-order valence-electron chi connectivity index (χ4n) is 4.54. The van der Waals surface area contributed by atoms with Crippen LogP contribution in [0.3, 0.4) is 0 Å². The molecule has 0 bridgehead atoms. The molecule has 0 unspecified atom stereocenters. The van der Waals surface area contributed by atoms with Gasteiger partial charge in [-0.1, -0.05) is 36.4 Å². The molecule has 2 heterocycles. The number of piperazine rings is 1. The Bertz CT molecular complexity index is 785. The SMILES string of the molecule is FC(F)(F)c1cccc(N2CCN([C@H]3CCCN(Cc4ccccc4)C3)CC2)c1. The summed E-state index contributed by atoms with van der Waals surface area (Å²) in [5, 5.41) is 0. The molecule has 0 aliphatic carbocycles. The third-order valence-corrected chi connectivity index (χ3v) is 6.10. The summed E-state index contributed by atoms with van der Waals surface area (Å²) < 4.78 is 39.0. The first-order chi connectivity index (χ1) is 14.0. The van der Waals surface area contributed by atoms with Crippen LogP contribution in [0.2, 0.25) is 0 Å². The van der Waals surface area contributed by atoms with Crippen molar-refractivity contribution in [1.29, 1.82) is 0 Å². The van der Waals surface area contributed by atoms with E-state index in [0.717, 1.165) is 51.9 Å². The van der Waals surface area contributed by atoms with Gasteiger partial charge in [-0.25, -0.2) is 0 Å². The summed E-state index contributed by atoms with van der Waals surface area (Å²) in [6.07, 6.45) is -1.89. The molecule has 6 heteroatoms. The van der Waals surface area contributed by atoms with E-state index in [2.05, 4.69) is 39.0 Å². The lowest BCUT2D eigenvalue weighted by Crippen LogP contribution is -2.55. The second kappa shape index (κ2) is 8.76. The number of alkyl halides is 3. The van der Waals surface area contributed by atoms with Gasteiger partial charge >= 0.3 is 6.18 Å². The molecule has 2 saturated heterocycles. The number of halogens is 3. The molecule has 2 aromatic carbocycles. The van der Waals surface area contributed by atoms with E-state index in [1.807, 2.05) is 6.07 Å². The zero-order chi connectivity index (χ0) is 20.3. The van der Waals surface area contributed by atoms with Gasteiger partial charge in [0.25, 0.3) is 0 Å². The number of rotatable bonds is 4. The standard InChI is InChI=1S/C23H28F3N3/c24-23(25,26)20-8-4-9-21(16-20)28-12-14-29(15-13-28)22-10-5-11-27(18-22)17-19-6-2-1-3-7-19/h1-4,6-9,16,22H,5,10-15,17-18H2/t22-/m0/s1. The molecule has 0 aromatic heterocycles. The Labute approximate surface area is 170 Å². The number of nitrogens with zero attached hydrogens (tertiary/aromatic N) is 3. The zero-order valence-corrected chi connectivity index (χ0v) is 16.6. The van der Waals surface area contributed by atoms with Gasteiger partial charge in [0.05, 0.1) is 5.56 Å². The third-order valence-electron chi connectivity index (χ3n) is 6.10. The molecule has 1 atom stereocenters. The topological polar surface area (TPSA) is 9.72 Å². The van der Waals surface area contributed by atoms with E-state index in [0.29, 0.717) is 11.7 Å². The predicted octanol–water partition coefficient (Wildman–Crippen LogP) is 4.49. The van der Waals surface area contributed by atoms with Crippen LogP contribution in [-0.2, 0) is 12.7 Å². The molecule has 2 aliphatic rings. The number of hydrogen-bond acceptors (Lipinski definition) is 3. The van der Waals surface area contributed by atoms with Gasteiger partial charge in [0.15, 0.2) is 0 Å². The molecule has 156 valence electrons. The van der Waals surface area contributed by atoms with Crippen LogP contribution in [0.25, 0.3) is 0 Å². The molecular formula is C23H28F3N3. The Balaban J connectivity index is 1.32. The number of piperidine rings is 1. The van der Waals surface area contributed by atoms with Crippen molar-refractivity contribution in [2.45, 2.75) is 31.6 Å². The lowest BCUT2D eigenvalue weighted by molar-refractivity contribution is -0.137. The second-order valence-electron chi connectivity index (χ2n) is 8.09. The van der Waals surface area contributed by atoms with E-state index in [4.69, 9.17) is 0 Å². The van der Waals surface area contributed by atoms with Crippen molar-refractivity contribution in [3.05, 3.63) is 65.7 Å². The summed E-state index contributed by atoms with van der Waals surface area (Å²) in [7, 11) is 0. The van der Waals surface area contributed by atoms with Gasteiger partial charge in [-0.2, -0.15) is 13.2 Å². The molecule has 0 N–H and O–H groups in total. The highest BCUT2D eigenvalue weighted by molar-refractivity contribution is 5.49. The van der Waals surface area contributed by atoms with E-state index in [9.17, 15) is 13.2 Å². The monoisotopic (exact) mass is 403 g/mol. The Morgan fingerprint density at radius 1 is 0.862 bits per heavy atom. The van der Waals surface area contributed by atoms with Crippen LogP contribution in [0.5, 0.6) is 0 Å². The Morgan fingerprint density at radius 3 is 2.34 bits per heavy atom. The lowest BCUT2D eigenvalue weighted by Gasteiger charge is -2.44. The average Bonchev–Trinajstić information content (AvgIpc) is 2.74. The van der Waals surface area contributed by atoms with Crippen molar-refractivity contribution < 1.29 is 13.2 Å². The summed E-state index contributed by atoms with van der Waals surface area (Å²) in [5.74, 6) is 0. The highest BCUT2D eigenvalue weighted by Crippen LogP contribution is 2.32. The molecular weight excluding hydrogens is 375 g/mol. The molecule has 0 saturated carbocycles. The van der Waals surface area contributed by atoms with Gasteiger partial charge in [-0.3, -0.25) is 9.80 Å². The molecule has 0 amide bonds. The molecule has 2 fully saturated rings. The molecule has 3 nitrogen and oxygen atoms in total. The van der Waals surface area contributed by atoms with Gasteiger partial charge in [-0.05, 0) is 43.1 Å². The quantitative estimate of drug-likeness (QED) is 0.745. The van der Waals surface area contributed by atoms with E-state index >= 15 is 0 Å². The van der Waals surface area contributed by atoms with Gasteiger partial charge in [0.1, 0.15) is 0 Å². The van der Waals surface area contributed by atoms with Gasteiger partial charge in [-0.15, -0.1) is 0 Å². The fraction of sp³-hybridized carbons (Fsp3) is 0.478. The van der Waals surface area contributed by atoms with Crippen LogP contribution < -0.4 is 4.90 Å². The first-order valence-electron chi connectivity index (χ1n) is 10.4. The van der Waals surface area contributed by atoms with Crippen molar-refractivity contribution >= 4 is 5.69 Å². The van der Waals surface area contributed by atoms with Crippen LogP contribution in [-0.4, -0.2) is 55.1 Å². The highest BCUT2D eigenvalue weighted by Gasteiger charge is 2.32. The van der Waals surface area contributed by atoms with E-state index in [-0.39, 0.29) is 0 Å². The van der Waals surface area contributed by atoms with Crippen LogP contribution >= 0.6 is 0 Å². The highest BCUT2D eigenvalue weighted by atomic mass is 19.4. The van der Waals surface area contributed by atoms with Gasteiger partial charge < -0.3 is 4.90 Å². The smallest absolute Gasteiger partial charge is 0.369 e. The largest absolute Gasteiger partial charge is 0.416 e. The van der Waals surface area contributed by atoms with E-state index < -0.39 is 11.7 Å². The Hall–Kier alpha value is -2.05. The Kier molecular flexibility index (Phi) is 6.11. The summed E-state index contributed by atoms with van der Waals surface area (Å²) in [6.45, 7) is 6.54. The maximum atomic E-state index is 13.0. The van der Waals surface area contributed by atoms with Crippen LogP contribution in [0.4, 0.5) is 18.9 Å². The van der Waals surface area contributed by atoms with Crippen molar-refractivity contribution in [3.8, 4) is 0 Å². The van der Waals surface area contributed by atoms with Gasteiger partial charge in [0, 0.05) is 51.0 Å². The first kappa shape index (κ1) is 20.2. The predicted molar refractivity (Wildman–Crippen MR) is 110 cm³/mol. The van der Waals surface area contributed by atoms with Gasteiger partial charge in [0.2, 0.25) is 0 Å². The second-order valence-corrected chi connectivity index (χ2v) is 8.09. The minimum atomic E-state index is -4.29. The van der Waals surface area contributed by atoms with Crippen LogP contribution in [0, 0.1) is 0 Å². The number of likely N-dealkylation sites (tertiary alicyclic amines) is 1. The number of hydrogen-bond donors (Lipinski definition) is 0. The van der Waals surface area contributed by atoms with Crippen molar-refractivity contribution in [2.75, 3.05) is 44.2 Å². The summed E-state index contributed by atoms with van der Waals surface area (Å²) >= 11 is 0. The third kappa shape index (κ3) is 5.11. The molecule has 29 heavy (non-hydrogen) atoms. The normalized spacial score (nSPS) is 22.0. The average molecular weight is 403 g/mol. The molecule has 2 aromatic rings. The van der Waals surface area contributed by atoms with Crippen LogP contribution in [0.1, 0.15) is 24.0 Å². The molecule has 4 rings (SSSR count).